The summed E-state index contributed by atoms with van der Waals surface area (Å²) in [4.78, 5) is 4.33. The van der Waals surface area contributed by atoms with E-state index in [1.165, 1.54) is 0 Å². The molecule has 0 radical (unpaired) electrons. The Morgan fingerprint density at radius 2 is 2.16 bits per heavy atom. The molecule has 0 aliphatic carbocycles. The summed E-state index contributed by atoms with van der Waals surface area (Å²) in [5, 5.41) is 4.41. The van der Waals surface area contributed by atoms with E-state index >= 15 is 0 Å². The minimum absolute atomic E-state index is 0.0222. The van der Waals surface area contributed by atoms with E-state index in [1.54, 1.807) is 12.5 Å². The largest absolute Gasteiger partial charge is 0.466 e. The van der Waals surface area contributed by atoms with Gasteiger partial charge < -0.3 is 9.73 Å². The number of rotatable bonds is 3. The van der Waals surface area contributed by atoms with Crippen molar-refractivity contribution >= 4 is 26.8 Å². The lowest BCUT2D eigenvalue weighted by Gasteiger charge is -2.15. The molecule has 0 spiro atoms. The molecule has 0 saturated carbocycles. The quantitative estimate of drug-likeness (QED) is 0.796. The van der Waals surface area contributed by atoms with Gasteiger partial charge in [-0.2, -0.15) is 0 Å². The lowest BCUT2D eigenvalue weighted by atomic mass is 10.0. The van der Waals surface area contributed by atoms with Crippen molar-refractivity contribution in [2.24, 2.45) is 0 Å². The van der Waals surface area contributed by atoms with Crippen molar-refractivity contribution in [3.05, 3.63) is 64.7 Å². The molecule has 3 aromatic rings. The number of hydrogen-bond donors (Lipinski definition) is 1. The van der Waals surface area contributed by atoms with Crippen molar-refractivity contribution in [1.82, 2.24) is 10.3 Å². The van der Waals surface area contributed by atoms with Crippen molar-refractivity contribution in [1.29, 1.82) is 0 Å². The van der Waals surface area contributed by atoms with Gasteiger partial charge in [-0.15, -0.1) is 0 Å². The fourth-order valence-corrected chi connectivity index (χ4v) is 2.66. The molecule has 19 heavy (non-hydrogen) atoms. The standard InChI is InChI=1S/C15H13BrN2O/c1-17-14(15-12(16)6-8-19-15)11-4-5-13-10(9-11)3-2-7-18-13/h2-9,14,17H,1H3. The number of halogens is 1. The number of furan rings is 1. The van der Waals surface area contributed by atoms with Crippen molar-refractivity contribution in [2.75, 3.05) is 7.05 Å². The predicted molar refractivity (Wildman–Crippen MR) is 79.1 cm³/mol. The highest BCUT2D eigenvalue weighted by Gasteiger charge is 2.18. The average Bonchev–Trinajstić information content (AvgIpc) is 2.86. The molecule has 1 unspecified atom stereocenters. The van der Waals surface area contributed by atoms with Gasteiger partial charge in [0.05, 0.1) is 22.3 Å². The van der Waals surface area contributed by atoms with E-state index in [-0.39, 0.29) is 6.04 Å². The fourth-order valence-electron chi connectivity index (χ4n) is 2.23. The zero-order chi connectivity index (χ0) is 13.2. The second-order valence-corrected chi connectivity index (χ2v) is 5.16. The summed E-state index contributed by atoms with van der Waals surface area (Å²) in [5.41, 5.74) is 2.15. The van der Waals surface area contributed by atoms with E-state index in [1.807, 2.05) is 25.2 Å². The molecule has 2 heterocycles. The van der Waals surface area contributed by atoms with Crippen LogP contribution in [0.3, 0.4) is 0 Å². The van der Waals surface area contributed by atoms with Crippen LogP contribution in [-0.2, 0) is 0 Å². The monoisotopic (exact) mass is 316 g/mol. The first-order chi connectivity index (χ1) is 9.29. The van der Waals surface area contributed by atoms with E-state index in [0.717, 1.165) is 26.7 Å². The second-order valence-electron chi connectivity index (χ2n) is 4.31. The van der Waals surface area contributed by atoms with Gasteiger partial charge in [0.2, 0.25) is 0 Å². The van der Waals surface area contributed by atoms with Gasteiger partial charge >= 0.3 is 0 Å². The zero-order valence-electron chi connectivity index (χ0n) is 10.4. The first-order valence-electron chi connectivity index (χ1n) is 6.04. The number of fused-ring (bicyclic) bond motifs is 1. The van der Waals surface area contributed by atoms with E-state index in [4.69, 9.17) is 4.42 Å². The number of nitrogens with one attached hydrogen (secondary N) is 1. The molecular formula is C15H13BrN2O. The van der Waals surface area contributed by atoms with Crippen LogP contribution in [0.15, 0.2) is 57.7 Å². The van der Waals surface area contributed by atoms with Crippen LogP contribution in [0.25, 0.3) is 10.9 Å². The van der Waals surface area contributed by atoms with Crippen LogP contribution in [0.2, 0.25) is 0 Å². The molecule has 0 bridgehead atoms. The van der Waals surface area contributed by atoms with Gasteiger partial charge in [0, 0.05) is 11.6 Å². The highest BCUT2D eigenvalue weighted by molar-refractivity contribution is 9.10. The third-order valence-corrected chi connectivity index (χ3v) is 3.81. The van der Waals surface area contributed by atoms with Crippen molar-refractivity contribution in [3.8, 4) is 0 Å². The molecule has 4 heteroatoms. The highest BCUT2D eigenvalue weighted by Crippen LogP contribution is 2.30. The molecule has 1 atom stereocenters. The Morgan fingerprint density at radius 3 is 2.89 bits per heavy atom. The molecule has 0 fully saturated rings. The van der Waals surface area contributed by atoms with Crippen molar-refractivity contribution in [2.45, 2.75) is 6.04 Å². The van der Waals surface area contributed by atoms with Crippen LogP contribution in [0.1, 0.15) is 17.4 Å². The number of pyridine rings is 1. The number of nitrogens with zero attached hydrogens (tertiary/aromatic N) is 1. The zero-order valence-corrected chi connectivity index (χ0v) is 12.0. The third-order valence-electron chi connectivity index (χ3n) is 3.16. The van der Waals surface area contributed by atoms with Crippen LogP contribution in [0.5, 0.6) is 0 Å². The smallest absolute Gasteiger partial charge is 0.139 e. The highest BCUT2D eigenvalue weighted by atomic mass is 79.9. The fraction of sp³-hybridized carbons (Fsp3) is 0.133. The summed E-state index contributed by atoms with van der Waals surface area (Å²) in [5.74, 6) is 0.880. The third kappa shape index (κ3) is 2.29. The maximum Gasteiger partial charge on any atom is 0.139 e. The summed E-state index contributed by atoms with van der Waals surface area (Å²) < 4.78 is 6.53. The van der Waals surface area contributed by atoms with Gasteiger partial charge in [-0.1, -0.05) is 12.1 Å². The molecule has 0 saturated heterocycles. The van der Waals surface area contributed by atoms with Gasteiger partial charge in [0.1, 0.15) is 5.76 Å². The van der Waals surface area contributed by atoms with E-state index < -0.39 is 0 Å². The lowest BCUT2D eigenvalue weighted by Crippen LogP contribution is -2.17. The van der Waals surface area contributed by atoms with Crippen molar-refractivity contribution < 1.29 is 4.42 Å². The maximum atomic E-state index is 5.56. The first kappa shape index (κ1) is 12.4. The predicted octanol–water partition coefficient (Wildman–Crippen LogP) is 3.90. The number of benzene rings is 1. The molecule has 3 rings (SSSR count). The molecule has 1 aromatic carbocycles. The molecule has 96 valence electrons. The normalized spacial score (nSPS) is 12.7. The number of hydrogen-bond acceptors (Lipinski definition) is 3. The summed E-state index contributed by atoms with van der Waals surface area (Å²) >= 11 is 3.51. The van der Waals surface area contributed by atoms with Gasteiger partial charge in [-0.05, 0) is 52.8 Å². The van der Waals surface area contributed by atoms with Crippen LogP contribution < -0.4 is 5.32 Å². The van der Waals surface area contributed by atoms with E-state index in [9.17, 15) is 0 Å². The van der Waals surface area contributed by atoms with E-state index in [0.29, 0.717) is 0 Å². The molecule has 0 aliphatic rings. The van der Waals surface area contributed by atoms with Crippen LogP contribution in [-0.4, -0.2) is 12.0 Å². The Morgan fingerprint density at radius 1 is 1.26 bits per heavy atom. The van der Waals surface area contributed by atoms with Crippen LogP contribution >= 0.6 is 15.9 Å². The van der Waals surface area contributed by atoms with Crippen LogP contribution in [0.4, 0.5) is 0 Å². The Labute approximate surface area is 119 Å². The molecule has 1 N–H and O–H groups in total. The molecule has 0 amide bonds. The molecule has 0 aliphatic heterocycles. The Balaban J connectivity index is 2.09. The summed E-state index contributed by atoms with van der Waals surface area (Å²) in [7, 11) is 1.92. The first-order valence-corrected chi connectivity index (χ1v) is 6.84. The number of aromatic nitrogens is 1. The minimum atomic E-state index is 0.0222. The topological polar surface area (TPSA) is 38.1 Å². The molecule has 3 nitrogen and oxygen atoms in total. The SMILES string of the molecule is CNC(c1ccc2ncccc2c1)c1occc1Br. The second kappa shape index (κ2) is 5.15. The van der Waals surface area contributed by atoms with Crippen molar-refractivity contribution in [3.63, 3.8) is 0 Å². The van der Waals surface area contributed by atoms with Gasteiger partial charge in [0.15, 0.2) is 0 Å². The maximum absolute atomic E-state index is 5.56. The average molecular weight is 317 g/mol. The Bertz CT molecular complexity index is 708. The van der Waals surface area contributed by atoms with Gasteiger partial charge in [0.25, 0.3) is 0 Å². The molecule has 2 aromatic heterocycles. The Hall–Kier alpha value is -1.65. The summed E-state index contributed by atoms with van der Waals surface area (Å²) in [6, 6.07) is 12.2. The summed E-state index contributed by atoms with van der Waals surface area (Å²) in [6.07, 6.45) is 3.49. The van der Waals surface area contributed by atoms with Gasteiger partial charge in [-0.25, -0.2) is 0 Å². The van der Waals surface area contributed by atoms with Gasteiger partial charge in [-0.3, -0.25) is 4.98 Å². The molecular weight excluding hydrogens is 304 g/mol. The van der Waals surface area contributed by atoms with E-state index in [2.05, 4.69) is 44.4 Å². The lowest BCUT2D eigenvalue weighted by molar-refractivity contribution is 0.461. The van der Waals surface area contributed by atoms with Crippen LogP contribution in [0, 0.1) is 0 Å². The summed E-state index contributed by atoms with van der Waals surface area (Å²) in [6.45, 7) is 0. The Kier molecular flexibility index (Phi) is 3.36. The minimum Gasteiger partial charge on any atom is -0.466 e.